The molecule has 0 aliphatic heterocycles. The second-order valence-electron chi connectivity index (χ2n) is 3.71. The lowest BCUT2D eigenvalue weighted by atomic mass is 10.3. The van der Waals surface area contributed by atoms with Gasteiger partial charge >= 0.3 is 0 Å². The van der Waals surface area contributed by atoms with Gasteiger partial charge in [-0.1, -0.05) is 0 Å². The highest BCUT2D eigenvalue weighted by molar-refractivity contribution is 5.46. The molecule has 0 saturated heterocycles. The Balaban J connectivity index is 2.14. The van der Waals surface area contributed by atoms with E-state index in [4.69, 9.17) is 5.73 Å². The molecule has 1 saturated carbocycles. The van der Waals surface area contributed by atoms with Crippen LogP contribution in [0.3, 0.4) is 0 Å². The van der Waals surface area contributed by atoms with Gasteiger partial charge in [-0.05, 0) is 19.4 Å². The third-order valence-corrected chi connectivity index (χ3v) is 2.43. The van der Waals surface area contributed by atoms with E-state index >= 15 is 0 Å². The summed E-state index contributed by atoms with van der Waals surface area (Å²) < 4.78 is 0. The average Bonchev–Trinajstić information content (AvgIpc) is 2.81. The van der Waals surface area contributed by atoms with Crippen molar-refractivity contribution in [3.63, 3.8) is 0 Å². The molecule has 2 atom stereocenters. The Bertz CT molecular complexity index is 407. The Kier molecular flexibility index (Phi) is 2.28. The first-order valence-electron chi connectivity index (χ1n) is 4.72. The van der Waals surface area contributed by atoms with Crippen LogP contribution < -0.4 is 11.1 Å². The molecule has 1 aromatic rings. The Hall–Kier alpha value is -1.69. The van der Waals surface area contributed by atoms with Crippen LogP contribution in [0.2, 0.25) is 0 Å². The van der Waals surface area contributed by atoms with Crippen molar-refractivity contribution in [2.45, 2.75) is 25.4 Å². The summed E-state index contributed by atoms with van der Waals surface area (Å²) >= 11 is 0. The molecule has 80 valence electrons. The molecule has 1 aliphatic rings. The summed E-state index contributed by atoms with van der Waals surface area (Å²) in [6.45, 7) is 1.62. The zero-order chi connectivity index (χ0) is 11.0. The van der Waals surface area contributed by atoms with E-state index in [1.165, 1.54) is 6.07 Å². The van der Waals surface area contributed by atoms with Crippen molar-refractivity contribution in [2.75, 3.05) is 5.32 Å². The van der Waals surface area contributed by atoms with E-state index < -0.39 is 4.92 Å². The molecule has 1 aliphatic carbocycles. The normalized spacial score (nSPS) is 23.6. The second-order valence-corrected chi connectivity index (χ2v) is 3.71. The minimum atomic E-state index is -0.436. The number of nitro groups is 1. The molecule has 0 bridgehead atoms. The van der Waals surface area contributed by atoms with Crippen LogP contribution in [0.15, 0.2) is 12.1 Å². The van der Waals surface area contributed by atoms with Gasteiger partial charge in [0.25, 0.3) is 5.69 Å². The molecule has 1 heterocycles. The largest absolute Gasteiger partial charge is 0.366 e. The van der Waals surface area contributed by atoms with Gasteiger partial charge in [-0.25, -0.2) is 4.98 Å². The topological polar surface area (TPSA) is 94.1 Å². The van der Waals surface area contributed by atoms with Crippen LogP contribution in [0.1, 0.15) is 12.1 Å². The van der Waals surface area contributed by atoms with E-state index in [1.54, 1.807) is 13.0 Å². The van der Waals surface area contributed by atoms with Crippen molar-refractivity contribution in [3.8, 4) is 0 Å². The summed E-state index contributed by atoms with van der Waals surface area (Å²) in [5, 5.41) is 13.7. The van der Waals surface area contributed by atoms with Crippen LogP contribution in [-0.2, 0) is 0 Å². The molecule has 6 nitrogen and oxygen atoms in total. The first-order valence-corrected chi connectivity index (χ1v) is 4.72. The second kappa shape index (κ2) is 3.47. The average molecular weight is 208 g/mol. The summed E-state index contributed by atoms with van der Waals surface area (Å²) in [6, 6.07) is 3.51. The number of nitrogens with one attached hydrogen (secondary N) is 1. The molecular formula is C9H12N4O2. The lowest BCUT2D eigenvalue weighted by Gasteiger charge is -2.04. The fourth-order valence-electron chi connectivity index (χ4n) is 1.40. The zero-order valence-electron chi connectivity index (χ0n) is 8.30. The highest BCUT2D eigenvalue weighted by Crippen LogP contribution is 2.24. The maximum atomic E-state index is 10.5. The lowest BCUT2D eigenvalue weighted by Crippen LogP contribution is -2.14. The fraction of sp³-hybridized carbons (Fsp3) is 0.444. The predicted molar refractivity (Wildman–Crippen MR) is 55.6 cm³/mol. The number of aromatic nitrogens is 1. The molecule has 0 radical (unpaired) electrons. The Morgan fingerprint density at radius 3 is 2.80 bits per heavy atom. The van der Waals surface area contributed by atoms with E-state index in [9.17, 15) is 10.1 Å². The molecule has 1 fully saturated rings. The van der Waals surface area contributed by atoms with E-state index in [1.807, 2.05) is 0 Å². The Morgan fingerprint density at radius 2 is 2.33 bits per heavy atom. The van der Waals surface area contributed by atoms with E-state index in [2.05, 4.69) is 10.3 Å². The Labute approximate surface area is 86.6 Å². The molecule has 2 rings (SSSR count). The minimum absolute atomic E-state index is 0.0423. The van der Waals surface area contributed by atoms with E-state index in [0.29, 0.717) is 11.5 Å². The summed E-state index contributed by atoms with van der Waals surface area (Å²) in [5.41, 5.74) is 6.09. The first kappa shape index (κ1) is 9.85. The smallest absolute Gasteiger partial charge is 0.290 e. The summed E-state index contributed by atoms with van der Waals surface area (Å²) in [4.78, 5) is 14.2. The van der Waals surface area contributed by atoms with Gasteiger partial charge in [0.15, 0.2) is 0 Å². The van der Waals surface area contributed by atoms with Crippen LogP contribution in [-0.4, -0.2) is 22.0 Å². The Morgan fingerprint density at radius 1 is 1.67 bits per heavy atom. The molecule has 1 aromatic heterocycles. The fourth-order valence-corrected chi connectivity index (χ4v) is 1.40. The lowest BCUT2D eigenvalue weighted by molar-refractivity contribution is -0.385. The number of aryl methyl sites for hydroxylation is 1. The highest BCUT2D eigenvalue weighted by Gasteiger charge is 2.33. The quantitative estimate of drug-likeness (QED) is 0.566. The molecular weight excluding hydrogens is 196 g/mol. The van der Waals surface area contributed by atoms with Gasteiger partial charge in [0.2, 0.25) is 0 Å². The summed E-state index contributed by atoms with van der Waals surface area (Å²) in [7, 11) is 0. The minimum Gasteiger partial charge on any atom is -0.366 e. The molecule has 15 heavy (non-hydrogen) atoms. The third kappa shape index (κ3) is 2.04. The number of hydrogen-bond donors (Lipinski definition) is 2. The summed E-state index contributed by atoms with van der Waals surface area (Å²) in [5.74, 6) is 0.649. The number of nitrogens with two attached hydrogens (primary N) is 1. The van der Waals surface area contributed by atoms with Gasteiger partial charge in [-0.15, -0.1) is 0 Å². The van der Waals surface area contributed by atoms with Crippen molar-refractivity contribution in [1.82, 2.24) is 4.98 Å². The van der Waals surface area contributed by atoms with Crippen LogP contribution in [0, 0.1) is 17.0 Å². The number of hydrogen-bond acceptors (Lipinski definition) is 5. The molecule has 0 spiro atoms. The number of pyridine rings is 1. The van der Waals surface area contributed by atoms with Gasteiger partial charge in [0.1, 0.15) is 11.5 Å². The van der Waals surface area contributed by atoms with Gasteiger partial charge in [0, 0.05) is 18.2 Å². The van der Waals surface area contributed by atoms with Crippen molar-refractivity contribution >= 4 is 11.5 Å². The maximum absolute atomic E-state index is 10.5. The zero-order valence-corrected chi connectivity index (χ0v) is 8.30. The number of anilines is 1. The van der Waals surface area contributed by atoms with Crippen LogP contribution in [0.4, 0.5) is 11.5 Å². The van der Waals surface area contributed by atoms with Gasteiger partial charge in [0.05, 0.1) is 4.92 Å². The first-order chi connectivity index (χ1) is 7.08. The van der Waals surface area contributed by atoms with Crippen LogP contribution >= 0.6 is 0 Å². The predicted octanol–water partition coefficient (Wildman–Crippen LogP) is 0.810. The number of rotatable bonds is 3. The van der Waals surface area contributed by atoms with Crippen LogP contribution in [0.5, 0.6) is 0 Å². The molecule has 3 N–H and O–H groups in total. The highest BCUT2D eigenvalue weighted by atomic mass is 16.6. The summed E-state index contributed by atoms with van der Waals surface area (Å²) in [6.07, 6.45) is 0.928. The SMILES string of the molecule is Cc1nc(NC2CC2N)ccc1[N+](=O)[O-]. The van der Waals surface area contributed by atoms with Crippen molar-refractivity contribution < 1.29 is 4.92 Å². The standard InChI is InChI=1S/C9H12N4O2/c1-5-8(13(14)15)2-3-9(11-5)12-7-4-6(7)10/h2-3,6-7H,4,10H2,1H3,(H,11,12). The number of nitrogens with zero attached hydrogens (tertiary/aromatic N) is 2. The maximum Gasteiger partial charge on any atom is 0.290 e. The van der Waals surface area contributed by atoms with Gasteiger partial charge < -0.3 is 11.1 Å². The molecule has 2 unspecified atom stereocenters. The van der Waals surface area contributed by atoms with E-state index in [0.717, 1.165) is 6.42 Å². The van der Waals surface area contributed by atoms with Crippen molar-refractivity contribution in [1.29, 1.82) is 0 Å². The molecule has 0 amide bonds. The monoisotopic (exact) mass is 208 g/mol. The molecule has 0 aromatic carbocycles. The van der Waals surface area contributed by atoms with Crippen molar-refractivity contribution in [3.05, 3.63) is 27.9 Å². The molecule has 6 heteroatoms. The van der Waals surface area contributed by atoms with Crippen LogP contribution in [0.25, 0.3) is 0 Å². The van der Waals surface area contributed by atoms with E-state index in [-0.39, 0.29) is 17.8 Å². The third-order valence-electron chi connectivity index (χ3n) is 2.43. The van der Waals surface area contributed by atoms with Gasteiger partial charge in [-0.3, -0.25) is 10.1 Å². The van der Waals surface area contributed by atoms with Crippen molar-refractivity contribution in [2.24, 2.45) is 5.73 Å². The van der Waals surface area contributed by atoms with Gasteiger partial charge in [-0.2, -0.15) is 0 Å².